The van der Waals surface area contributed by atoms with Crippen LogP contribution in [0.25, 0.3) is 0 Å². The highest BCUT2D eigenvalue weighted by molar-refractivity contribution is 5.60. The van der Waals surface area contributed by atoms with Crippen LogP contribution in [0.15, 0.2) is 24.3 Å². The Morgan fingerprint density at radius 2 is 2.29 bits per heavy atom. The minimum Gasteiger partial charge on any atom is -0.493 e. The van der Waals surface area contributed by atoms with Crippen molar-refractivity contribution in [2.45, 2.75) is 37.0 Å². The first kappa shape index (κ1) is 13.2. The molecule has 2 aliphatic heterocycles. The van der Waals surface area contributed by atoms with Crippen molar-refractivity contribution in [3.8, 4) is 11.5 Å². The number of aliphatic hydroxyl groups excluding tert-OH is 1. The highest BCUT2D eigenvalue weighted by Gasteiger charge is 2.52. The van der Waals surface area contributed by atoms with E-state index in [1.165, 1.54) is 11.1 Å². The molecule has 0 saturated heterocycles. The summed E-state index contributed by atoms with van der Waals surface area (Å²) in [6.07, 6.45) is 5.38. The molecule has 21 heavy (non-hydrogen) atoms. The third kappa shape index (κ3) is 1.75. The smallest absolute Gasteiger partial charge is 0.166 e. The molecule has 2 heterocycles. The average molecular weight is 287 g/mol. The first-order valence-corrected chi connectivity index (χ1v) is 7.57. The fraction of sp³-hybridized carbons (Fsp3) is 0.529. The number of nitrogens with zero attached hydrogens (tertiary/aromatic N) is 1. The predicted octanol–water partition coefficient (Wildman–Crippen LogP) is 1.85. The van der Waals surface area contributed by atoms with Crippen molar-refractivity contribution in [2.75, 3.05) is 20.7 Å². The normalized spacial score (nSPS) is 33.9. The molecule has 4 nitrogen and oxygen atoms in total. The lowest BCUT2D eigenvalue weighted by Crippen LogP contribution is -2.42. The summed E-state index contributed by atoms with van der Waals surface area (Å²) in [7, 11) is 3.84. The van der Waals surface area contributed by atoms with Gasteiger partial charge in [0.15, 0.2) is 11.5 Å². The largest absolute Gasteiger partial charge is 0.493 e. The molecular formula is C17H21NO3. The Labute approximate surface area is 125 Å². The van der Waals surface area contributed by atoms with Gasteiger partial charge in [-0.3, -0.25) is 0 Å². The van der Waals surface area contributed by atoms with Gasteiger partial charge >= 0.3 is 0 Å². The number of hydrogen-bond acceptors (Lipinski definition) is 4. The molecule has 1 aromatic carbocycles. The van der Waals surface area contributed by atoms with Crippen LogP contribution < -0.4 is 9.47 Å². The van der Waals surface area contributed by atoms with Crippen molar-refractivity contribution in [2.24, 2.45) is 0 Å². The summed E-state index contributed by atoms with van der Waals surface area (Å²) in [6, 6.07) is 4.16. The van der Waals surface area contributed by atoms with E-state index in [0.717, 1.165) is 31.0 Å². The number of aliphatic hydroxyl groups is 1. The van der Waals surface area contributed by atoms with Crippen LogP contribution in [-0.4, -0.2) is 42.9 Å². The second-order valence-electron chi connectivity index (χ2n) is 6.43. The summed E-state index contributed by atoms with van der Waals surface area (Å²) < 4.78 is 11.8. The molecule has 0 bridgehead atoms. The van der Waals surface area contributed by atoms with Crippen LogP contribution in [0.5, 0.6) is 11.5 Å². The molecule has 0 radical (unpaired) electrons. The standard InChI is InChI=1S/C17H21NO3/c1-18-8-7-17-6-5-12(19)9-14(17)21-16-13(20-2)4-3-11(10-18)15(16)17/h3-6,12,14,19H,7-10H2,1-2H3/t12-,14-,17?/m0/s1. The van der Waals surface area contributed by atoms with Crippen LogP contribution in [0.1, 0.15) is 24.0 Å². The molecule has 0 fully saturated rings. The molecule has 0 amide bonds. The van der Waals surface area contributed by atoms with Crippen LogP contribution in [0.3, 0.4) is 0 Å². The van der Waals surface area contributed by atoms with Gasteiger partial charge in [0, 0.05) is 18.5 Å². The van der Waals surface area contributed by atoms with Crippen LogP contribution in [0.4, 0.5) is 0 Å². The zero-order valence-electron chi connectivity index (χ0n) is 12.5. The summed E-state index contributed by atoms with van der Waals surface area (Å²) in [5.41, 5.74) is 2.48. The Bertz CT molecular complexity index is 612. The highest BCUT2D eigenvalue weighted by Crippen LogP contribution is 2.55. The van der Waals surface area contributed by atoms with Gasteiger partial charge in [0.1, 0.15) is 6.10 Å². The van der Waals surface area contributed by atoms with Gasteiger partial charge in [-0.2, -0.15) is 0 Å². The van der Waals surface area contributed by atoms with Crippen molar-refractivity contribution < 1.29 is 14.6 Å². The number of rotatable bonds is 1. The number of methoxy groups -OCH3 is 1. The van der Waals surface area contributed by atoms with Crippen molar-refractivity contribution in [1.29, 1.82) is 0 Å². The second-order valence-corrected chi connectivity index (χ2v) is 6.43. The molecule has 0 saturated carbocycles. The zero-order chi connectivity index (χ0) is 14.6. The lowest BCUT2D eigenvalue weighted by molar-refractivity contribution is 0.0821. The van der Waals surface area contributed by atoms with E-state index in [1.807, 2.05) is 12.1 Å². The van der Waals surface area contributed by atoms with Crippen LogP contribution in [0, 0.1) is 0 Å². The predicted molar refractivity (Wildman–Crippen MR) is 79.8 cm³/mol. The minimum atomic E-state index is -0.412. The van der Waals surface area contributed by atoms with Crippen molar-refractivity contribution >= 4 is 0 Å². The third-order valence-corrected chi connectivity index (χ3v) is 5.15. The topological polar surface area (TPSA) is 41.9 Å². The summed E-state index contributed by atoms with van der Waals surface area (Å²) in [5.74, 6) is 1.68. The average Bonchev–Trinajstić information content (AvgIpc) is 2.72. The van der Waals surface area contributed by atoms with E-state index >= 15 is 0 Å². The Hall–Kier alpha value is -1.52. The van der Waals surface area contributed by atoms with E-state index in [9.17, 15) is 5.11 Å². The quantitative estimate of drug-likeness (QED) is 0.801. The van der Waals surface area contributed by atoms with E-state index < -0.39 is 6.10 Å². The van der Waals surface area contributed by atoms with Gasteiger partial charge in [0.05, 0.1) is 18.6 Å². The van der Waals surface area contributed by atoms with Gasteiger partial charge in [-0.05, 0) is 31.6 Å². The maximum Gasteiger partial charge on any atom is 0.166 e. The second kappa shape index (κ2) is 4.49. The third-order valence-electron chi connectivity index (χ3n) is 5.15. The van der Waals surface area contributed by atoms with E-state index in [0.29, 0.717) is 6.42 Å². The lowest BCUT2D eigenvalue weighted by atomic mass is 9.69. The zero-order valence-corrected chi connectivity index (χ0v) is 12.5. The maximum atomic E-state index is 9.97. The molecule has 3 aliphatic rings. The van der Waals surface area contributed by atoms with Gasteiger partial charge in [-0.15, -0.1) is 0 Å². The number of ether oxygens (including phenoxy) is 2. The van der Waals surface area contributed by atoms with Crippen molar-refractivity contribution in [1.82, 2.24) is 4.90 Å². The van der Waals surface area contributed by atoms with Crippen LogP contribution in [-0.2, 0) is 12.0 Å². The fourth-order valence-electron chi connectivity index (χ4n) is 4.08. The Morgan fingerprint density at radius 1 is 1.43 bits per heavy atom. The number of benzene rings is 1. The van der Waals surface area contributed by atoms with Crippen LogP contribution >= 0.6 is 0 Å². The minimum absolute atomic E-state index is 0.00838. The summed E-state index contributed by atoms with van der Waals surface area (Å²) in [6.45, 7) is 1.96. The maximum absolute atomic E-state index is 9.97. The van der Waals surface area contributed by atoms with Gasteiger partial charge in [-0.25, -0.2) is 0 Å². The molecule has 1 aliphatic carbocycles. The molecule has 3 atom stereocenters. The van der Waals surface area contributed by atoms with Gasteiger partial charge in [-0.1, -0.05) is 18.2 Å². The molecule has 1 unspecified atom stereocenters. The molecular weight excluding hydrogens is 266 g/mol. The molecule has 0 aromatic heterocycles. The Kier molecular flexibility index (Phi) is 2.81. The monoisotopic (exact) mass is 287 g/mol. The van der Waals surface area contributed by atoms with E-state index in [4.69, 9.17) is 9.47 Å². The van der Waals surface area contributed by atoms with Gasteiger partial charge in [0.2, 0.25) is 0 Å². The van der Waals surface area contributed by atoms with Gasteiger partial charge in [0.25, 0.3) is 0 Å². The van der Waals surface area contributed by atoms with Gasteiger partial charge < -0.3 is 19.5 Å². The van der Waals surface area contributed by atoms with Crippen molar-refractivity contribution in [3.63, 3.8) is 0 Å². The van der Waals surface area contributed by atoms with Crippen molar-refractivity contribution in [3.05, 3.63) is 35.4 Å². The van der Waals surface area contributed by atoms with E-state index in [1.54, 1.807) is 7.11 Å². The molecule has 4 heteroatoms. The SMILES string of the molecule is COc1ccc2c3c1O[C@H]1C[C@@H](O)C=CC31CCN(C)C2. The molecule has 112 valence electrons. The van der Waals surface area contributed by atoms with E-state index in [-0.39, 0.29) is 11.5 Å². The summed E-state index contributed by atoms with van der Waals surface area (Å²) >= 11 is 0. The fourth-order valence-corrected chi connectivity index (χ4v) is 4.08. The molecule has 1 N–H and O–H groups in total. The van der Waals surface area contributed by atoms with Crippen LogP contribution in [0.2, 0.25) is 0 Å². The Morgan fingerprint density at radius 3 is 3.10 bits per heavy atom. The molecule has 4 rings (SSSR count). The lowest BCUT2D eigenvalue weighted by Gasteiger charge is -2.35. The van der Waals surface area contributed by atoms with E-state index in [2.05, 4.69) is 24.1 Å². The Balaban J connectivity index is 1.95. The first-order chi connectivity index (χ1) is 10.1. The summed E-state index contributed by atoms with van der Waals surface area (Å²) in [4.78, 5) is 2.35. The first-order valence-electron chi connectivity index (χ1n) is 7.57. The molecule has 1 aromatic rings. The highest BCUT2D eigenvalue weighted by atomic mass is 16.5. The molecule has 1 spiro atoms. The summed E-state index contributed by atoms with van der Waals surface area (Å²) in [5, 5.41) is 9.97. The number of hydrogen-bond donors (Lipinski definition) is 1.